The average Bonchev–Trinajstić information content (AvgIpc) is 3.08. The lowest BCUT2D eigenvalue weighted by atomic mass is 9.96. The highest BCUT2D eigenvalue weighted by atomic mass is 32.2. The predicted octanol–water partition coefficient (Wildman–Crippen LogP) is 1.05. The van der Waals surface area contributed by atoms with E-state index in [9.17, 15) is 13.2 Å². The second kappa shape index (κ2) is 3.92. The molecule has 1 aromatic carbocycles. The molecule has 92 valence electrons. The zero-order valence-corrected chi connectivity index (χ0v) is 10.3. The molecule has 0 aromatic heterocycles. The van der Waals surface area contributed by atoms with Gasteiger partial charge in [-0.25, -0.2) is 8.42 Å². The van der Waals surface area contributed by atoms with Crippen LogP contribution in [0.4, 0.5) is 0 Å². The van der Waals surface area contributed by atoms with E-state index in [4.69, 9.17) is 5.11 Å². The van der Waals surface area contributed by atoms with Gasteiger partial charge in [-0.15, -0.1) is 0 Å². The Morgan fingerprint density at radius 3 is 2.18 bits per heavy atom. The molecular formula is C12H14O4S. The van der Waals surface area contributed by atoms with Crippen molar-refractivity contribution in [1.82, 2.24) is 0 Å². The van der Waals surface area contributed by atoms with E-state index in [0.717, 1.165) is 6.26 Å². The summed E-state index contributed by atoms with van der Waals surface area (Å²) >= 11 is 0. The van der Waals surface area contributed by atoms with Crippen LogP contribution in [-0.2, 0) is 9.84 Å². The smallest absolute Gasteiger partial charge is 0.175 e. The van der Waals surface area contributed by atoms with Crippen molar-refractivity contribution >= 4 is 15.6 Å². The molecule has 0 unspecified atom stereocenters. The normalized spacial score (nSPS) is 17.8. The van der Waals surface area contributed by atoms with E-state index in [0.29, 0.717) is 18.4 Å². The van der Waals surface area contributed by atoms with E-state index in [2.05, 4.69) is 0 Å². The van der Waals surface area contributed by atoms with E-state index in [1.165, 1.54) is 24.3 Å². The Hall–Kier alpha value is -1.20. The number of hydrogen-bond donors (Lipinski definition) is 1. The maximum absolute atomic E-state index is 12.0. The van der Waals surface area contributed by atoms with Crippen molar-refractivity contribution in [3.05, 3.63) is 29.8 Å². The summed E-state index contributed by atoms with van der Waals surface area (Å²) < 4.78 is 22.5. The van der Waals surface area contributed by atoms with Gasteiger partial charge in [0.1, 0.15) is 0 Å². The third kappa shape index (κ3) is 2.25. The first-order valence-corrected chi connectivity index (χ1v) is 7.24. The van der Waals surface area contributed by atoms with Crippen LogP contribution in [0, 0.1) is 5.41 Å². The molecule has 0 radical (unpaired) electrons. The molecule has 1 N–H and O–H groups in total. The molecular weight excluding hydrogens is 240 g/mol. The quantitative estimate of drug-likeness (QED) is 0.815. The SMILES string of the molecule is CS(=O)(=O)c1ccc(C(=O)C2(CO)CC2)cc1. The van der Waals surface area contributed by atoms with Crippen LogP contribution < -0.4 is 0 Å². The van der Waals surface area contributed by atoms with Crippen LogP contribution in [0.2, 0.25) is 0 Å². The van der Waals surface area contributed by atoms with Crippen LogP contribution in [-0.4, -0.2) is 32.2 Å². The highest BCUT2D eigenvalue weighted by molar-refractivity contribution is 7.90. The second-order valence-corrected chi connectivity index (χ2v) is 6.58. The van der Waals surface area contributed by atoms with Gasteiger partial charge in [-0.05, 0) is 25.0 Å². The van der Waals surface area contributed by atoms with Gasteiger partial charge in [0.2, 0.25) is 0 Å². The van der Waals surface area contributed by atoms with Crippen LogP contribution in [0.3, 0.4) is 0 Å². The third-order valence-electron chi connectivity index (χ3n) is 3.18. The highest BCUT2D eigenvalue weighted by Gasteiger charge is 2.49. The molecule has 1 aromatic rings. The Labute approximate surface area is 100 Å². The van der Waals surface area contributed by atoms with Gasteiger partial charge in [-0.2, -0.15) is 0 Å². The summed E-state index contributed by atoms with van der Waals surface area (Å²) in [4.78, 5) is 12.2. The zero-order chi connectivity index (χ0) is 12.7. The number of aliphatic hydroxyl groups is 1. The first-order chi connectivity index (χ1) is 7.89. The second-order valence-electron chi connectivity index (χ2n) is 4.56. The van der Waals surface area contributed by atoms with E-state index < -0.39 is 15.3 Å². The molecule has 0 aliphatic heterocycles. The van der Waals surface area contributed by atoms with Gasteiger partial charge in [-0.1, -0.05) is 12.1 Å². The summed E-state index contributed by atoms with van der Waals surface area (Å²) in [6.07, 6.45) is 2.53. The summed E-state index contributed by atoms with van der Waals surface area (Å²) in [6, 6.07) is 5.87. The monoisotopic (exact) mass is 254 g/mol. The number of carbonyl (C=O) groups is 1. The maximum atomic E-state index is 12.0. The summed E-state index contributed by atoms with van der Waals surface area (Å²) in [5.74, 6) is -0.0972. The average molecular weight is 254 g/mol. The molecule has 0 bridgehead atoms. The van der Waals surface area contributed by atoms with E-state index >= 15 is 0 Å². The molecule has 0 saturated heterocycles. The lowest BCUT2D eigenvalue weighted by Gasteiger charge is -2.10. The fourth-order valence-electron chi connectivity index (χ4n) is 1.77. The zero-order valence-electron chi connectivity index (χ0n) is 9.51. The maximum Gasteiger partial charge on any atom is 0.175 e. The van der Waals surface area contributed by atoms with Crippen LogP contribution in [0.1, 0.15) is 23.2 Å². The van der Waals surface area contributed by atoms with Crippen molar-refractivity contribution in [3.63, 3.8) is 0 Å². The van der Waals surface area contributed by atoms with E-state index in [1.54, 1.807) is 0 Å². The van der Waals surface area contributed by atoms with Gasteiger partial charge in [-0.3, -0.25) is 4.79 Å². The molecule has 17 heavy (non-hydrogen) atoms. The minimum Gasteiger partial charge on any atom is -0.395 e. The Morgan fingerprint density at radius 2 is 1.82 bits per heavy atom. The molecule has 2 rings (SSSR count). The van der Waals surface area contributed by atoms with Gasteiger partial charge in [0.15, 0.2) is 15.6 Å². The first kappa shape index (κ1) is 12.3. The predicted molar refractivity (Wildman–Crippen MR) is 62.6 cm³/mol. The lowest BCUT2D eigenvalue weighted by molar-refractivity contribution is 0.0829. The molecule has 0 heterocycles. The van der Waals surface area contributed by atoms with Crippen molar-refractivity contribution in [3.8, 4) is 0 Å². The van der Waals surface area contributed by atoms with Gasteiger partial charge in [0, 0.05) is 11.8 Å². The number of ketones is 1. The standard InChI is InChI=1S/C12H14O4S/c1-17(15,16)10-4-2-9(3-5-10)11(14)12(8-13)6-7-12/h2-5,13H,6-8H2,1H3. The fraction of sp³-hybridized carbons (Fsp3) is 0.417. The van der Waals surface area contributed by atoms with Crippen LogP contribution in [0.25, 0.3) is 0 Å². The summed E-state index contributed by atoms with van der Waals surface area (Å²) in [5.41, 5.74) is -0.143. The van der Waals surface area contributed by atoms with E-state index in [1.807, 2.05) is 0 Å². The van der Waals surface area contributed by atoms with Gasteiger partial charge < -0.3 is 5.11 Å². The Morgan fingerprint density at radius 1 is 1.29 bits per heavy atom. The van der Waals surface area contributed by atoms with Crippen molar-refractivity contribution < 1.29 is 18.3 Å². The van der Waals surface area contributed by atoms with Gasteiger partial charge in [0.25, 0.3) is 0 Å². The van der Waals surface area contributed by atoms with Crippen molar-refractivity contribution in [1.29, 1.82) is 0 Å². The highest BCUT2D eigenvalue weighted by Crippen LogP contribution is 2.47. The lowest BCUT2D eigenvalue weighted by Crippen LogP contribution is -2.20. The molecule has 4 nitrogen and oxygen atoms in total. The number of hydrogen-bond acceptors (Lipinski definition) is 4. The number of carbonyl (C=O) groups excluding carboxylic acids is 1. The number of Topliss-reactive ketones (excluding diaryl/α,β-unsaturated/α-hetero) is 1. The van der Waals surface area contributed by atoms with Gasteiger partial charge >= 0.3 is 0 Å². The summed E-state index contributed by atoms with van der Waals surface area (Å²) in [7, 11) is -3.23. The van der Waals surface area contributed by atoms with Crippen molar-refractivity contribution in [2.75, 3.05) is 12.9 Å². The molecule has 0 spiro atoms. The Balaban J connectivity index is 2.28. The van der Waals surface area contributed by atoms with Crippen LogP contribution in [0.15, 0.2) is 29.2 Å². The summed E-state index contributed by atoms with van der Waals surface area (Å²) in [5, 5.41) is 9.16. The molecule has 0 atom stereocenters. The Bertz CT molecular complexity index is 538. The topological polar surface area (TPSA) is 71.4 Å². The van der Waals surface area contributed by atoms with Crippen LogP contribution >= 0.6 is 0 Å². The number of sulfone groups is 1. The Kier molecular flexibility index (Phi) is 2.83. The molecule has 1 fully saturated rings. The minimum atomic E-state index is -3.23. The first-order valence-electron chi connectivity index (χ1n) is 5.35. The molecule has 5 heteroatoms. The molecule has 1 aliphatic rings. The largest absolute Gasteiger partial charge is 0.395 e. The van der Waals surface area contributed by atoms with Crippen LogP contribution in [0.5, 0.6) is 0 Å². The number of rotatable bonds is 4. The fourth-order valence-corrected chi connectivity index (χ4v) is 2.40. The number of aliphatic hydroxyl groups excluding tert-OH is 1. The molecule has 1 aliphatic carbocycles. The van der Waals surface area contributed by atoms with Gasteiger partial charge in [0.05, 0.1) is 16.9 Å². The minimum absolute atomic E-state index is 0.0972. The molecule has 1 saturated carbocycles. The third-order valence-corrected chi connectivity index (χ3v) is 4.31. The summed E-state index contributed by atoms with van der Waals surface area (Å²) in [6.45, 7) is -0.139. The van der Waals surface area contributed by atoms with E-state index in [-0.39, 0.29) is 17.3 Å². The molecule has 0 amide bonds. The van der Waals surface area contributed by atoms with Crippen molar-refractivity contribution in [2.45, 2.75) is 17.7 Å². The van der Waals surface area contributed by atoms with Crippen molar-refractivity contribution in [2.24, 2.45) is 5.41 Å². The number of benzene rings is 1.